The Kier molecular flexibility index (Phi) is 4.73. The van der Waals surface area contributed by atoms with Gasteiger partial charge in [0, 0.05) is 12.1 Å². The molecule has 1 amide bonds. The summed E-state index contributed by atoms with van der Waals surface area (Å²) in [5, 5.41) is 3.00. The lowest BCUT2D eigenvalue weighted by atomic mass is 9.86. The number of carbonyl (C=O) groups excluding carboxylic acids is 1. The van der Waals surface area contributed by atoms with Crippen LogP contribution in [0.15, 0.2) is 18.2 Å². The van der Waals surface area contributed by atoms with Crippen molar-refractivity contribution in [2.75, 3.05) is 13.7 Å². The van der Waals surface area contributed by atoms with Gasteiger partial charge in [0.15, 0.2) is 0 Å². The molecule has 0 aliphatic heterocycles. The van der Waals surface area contributed by atoms with Gasteiger partial charge in [-0.3, -0.25) is 4.79 Å². The van der Waals surface area contributed by atoms with E-state index in [0.717, 1.165) is 11.3 Å². The average molecular weight is 250 g/mol. The summed E-state index contributed by atoms with van der Waals surface area (Å²) >= 11 is 0. The fourth-order valence-electron chi connectivity index (χ4n) is 1.70. The predicted octanol–water partition coefficient (Wildman–Crippen LogP) is 1.57. The van der Waals surface area contributed by atoms with Crippen LogP contribution in [0.25, 0.3) is 0 Å². The van der Waals surface area contributed by atoms with Crippen LogP contribution >= 0.6 is 0 Å². The van der Waals surface area contributed by atoms with Gasteiger partial charge in [0.05, 0.1) is 13.7 Å². The molecule has 3 N–H and O–H groups in total. The molecule has 4 heteroatoms. The number of nitrogens with one attached hydrogen (secondary N) is 1. The summed E-state index contributed by atoms with van der Waals surface area (Å²) in [6, 6.07) is 6.13. The van der Waals surface area contributed by atoms with Crippen LogP contribution in [0.1, 0.15) is 31.9 Å². The minimum Gasteiger partial charge on any atom is -0.496 e. The Bertz CT molecular complexity index is 422. The van der Waals surface area contributed by atoms with E-state index in [0.29, 0.717) is 6.54 Å². The van der Waals surface area contributed by atoms with E-state index in [4.69, 9.17) is 10.5 Å². The van der Waals surface area contributed by atoms with Crippen molar-refractivity contribution in [2.24, 2.45) is 5.73 Å². The minimum absolute atomic E-state index is 0.0880. The Hall–Kier alpha value is -1.55. The van der Waals surface area contributed by atoms with E-state index >= 15 is 0 Å². The van der Waals surface area contributed by atoms with Crippen LogP contribution in [0.5, 0.6) is 5.75 Å². The first-order valence-electron chi connectivity index (χ1n) is 6.01. The Labute approximate surface area is 109 Å². The third-order valence-electron chi connectivity index (χ3n) is 2.76. The number of nitrogens with two attached hydrogens (primary N) is 1. The van der Waals surface area contributed by atoms with Crippen molar-refractivity contribution in [2.45, 2.75) is 32.7 Å². The van der Waals surface area contributed by atoms with Crippen molar-refractivity contribution in [3.8, 4) is 5.75 Å². The molecule has 4 nitrogen and oxygen atoms in total. The number of benzene rings is 1. The molecule has 1 rings (SSSR count). The van der Waals surface area contributed by atoms with Gasteiger partial charge < -0.3 is 15.8 Å². The van der Waals surface area contributed by atoms with Crippen LogP contribution in [-0.4, -0.2) is 19.6 Å². The minimum atomic E-state index is -0.360. The number of rotatable bonds is 5. The highest BCUT2D eigenvalue weighted by Crippen LogP contribution is 2.27. The van der Waals surface area contributed by atoms with Gasteiger partial charge in [-0.1, -0.05) is 32.9 Å². The third-order valence-corrected chi connectivity index (χ3v) is 2.76. The SMILES string of the molecule is COc1ccc(C(C)(C)C)cc1CNCC(N)=O. The molecule has 0 spiro atoms. The number of carbonyl (C=O) groups is 1. The van der Waals surface area contributed by atoms with Gasteiger partial charge in [0.25, 0.3) is 0 Å². The smallest absolute Gasteiger partial charge is 0.231 e. The summed E-state index contributed by atoms with van der Waals surface area (Å²) in [4.78, 5) is 10.7. The van der Waals surface area contributed by atoms with Crippen molar-refractivity contribution in [1.82, 2.24) is 5.32 Å². The standard InChI is InChI=1S/C14H22N2O2/c1-14(2,3)11-5-6-12(18-4)10(7-11)8-16-9-13(15)17/h5-7,16H,8-9H2,1-4H3,(H2,15,17). The summed E-state index contributed by atoms with van der Waals surface area (Å²) < 4.78 is 5.31. The number of hydrogen-bond acceptors (Lipinski definition) is 3. The predicted molar refractivity (Wildman–Crippen MR) is 72.6 cm³/mol. The van der Waals surface area contributed by atoms with Crippen molar-refractivity contribution >= 4 is 5.91 Å². The molecule has 0 unspecified atom stereocenters. The lowest BCUT2D eigenvalue weighted by molar-refractivity contribution is -0.117. The summed E-state index contributed by atoms with van der Waals surface area (Å²) in [5.74, 6) is 0.459. The topological polar surface area (TPSA) is 64.3 Å². The zero-order valence-electron chi connectivity index (χ0n) is 11.5. The Morgan fingerprint density at radius 3 is 2.56 bits per heavy atom. The second kappa shape index (κ2) is 5.87. The monoisotopic (exact) mass is 250 g/mol. The van der Waals surface area contributed by atoms with Gasteiger partial charge in [-0.05, 0) is 17.0 Å². The highest BCUT2D eigenvalue weighted by molar-refractivity contribution is 5.75. The summed E-state index contributed by atoms with van der Waals surface area (Å²) in [6.45, 7) is 7.22. The fourth-order valence-corrected chi connectivity index (χ4v) is 1.70. The number of methoxy groups -OCH3 is 1. The maximum Gasteiger partial charge on any atom is 0.231 e. The Morgan fingerprint density at radius 1 is 1.39 bits per heavy atom. The van der Waals surface area contributed by atoms with Crippen LogP contribution in [0.4, 0.5) is 0 Å². The third kappa shape index (κ3) is 4.04. The first-order valence-corrected chi connectivity index (χ1v) is 6.01. The van der Waals surface area contributed by atoms with Crippen LogP contribution in [-0.2, 0) is 16.8 Å². The van der Waals surface area contributed by atoms with Gasteiger partial charge >= 0.3 is 0 Å². The molecule has 0 saturated heterocycles. The van der Waals surface area contributed by atoms with E-state index in [1.54, 1.807) is 7.11 Å². The first kappa shape index (κ1) is 14.5. The van der Waals surface area contributed by atoms with E-state index in [2.05, 4.69) is 38.2 Å². The molecule has 0 radical (unpaired) electrons. The van der Waals surface area contributed by atoms with Gasteiger partial charge in [-0.25, -0.2) is 0 Å². The molecule has 0 bridgehead atoms. The van der Waals surface area contributed by atoms with Crippen LogP contribution < -0.4 is 15.8 Å². The molecule has 1 aromatic rings. The molecule has 1 aromatic carbocycles. The maximum absolute atomic E-state index is 10.7. The molecule has 0 aliphatic carbocycles. The largest absolute Gasteiger partial charge is 0.496 e. The average Bonchev–Trinajstić information content (AvgIpc) is 2.27. The van der Waals surface area contributed by atoms with E-state index < -0.39 is 0 Å². The highest BCUT2D eigenvalue weighted by Gasteiger charge is 2.15. The number of hydrogen-bond donors (Lipinski definition) is 2. The van der Waals surface area contributed by atoms with Gasteiger partial charge in [-0.15, -0.1) is 0 Å². The molecule has 0 atom stereocenters. The van der Waals surface area contributed by atoms with Crippen LogP contribution in [0.3, 0.4) is 0 Å². The fraction of sp³-hybridized carbons (Fsp3) is 0.500. The first-order chi connectivity index (χ1) is 8.34. The lowest BCUT2D eigenvalue weighted by Gasteiger charge is -2.21. The normalized spacial score (nSPS) is 11.3. The zero-order chi connectivity index (χ0) is 13.8. The molecular formula is C14H22N2O2. The Balaban J connectivity index is 2.89. The molecule has 0 fully saturated rings. The molecule has 0 aliphatic rings. The number of primary amides is 1. The van der Waals surface area contributed by atoms with Gasteiger partial charge in [-0.2, -0.15) is 0 Å². The second-order valence-corrected chi connectivity index (χ2v) is 5.35. The van der Waals surface area contributed by atoms with Crippen molar-refractivity contribution in [3.63, 3.8) is 0 Å². The van der Waals surface area contributed by atoms with Crippen LogP contribution in [0, 0.1) is 0 Å². The summed E-state index contributed by atoms with van der Waals surface area (Å²) in [6.07, 6.45) is 0. The molecular weight excluding hydrogens is 228 g/mol. The zero-order valence-corrected chi connectivity index (χ0v) is 11.5. The number of amides is 1. The lowest BCUT2D eigenvalue weighted by Crippen LogP contribution is -2.28. The molecule has 0 saturated carbocycles. The van der Waals surface area contributed by atoms with Crippen molar-refractivity contribution in [3.05, 3.63) is 29.3 Å². The second-order valence-electron chi connectivity index (χ2n) is 5.35. The van der Waals surface area contributed by atoms with Crippen molar-refractivity contribution in [1.29, 1.82) is 0 Å². The molecule has 18 heavy (non-hydrogen) atoms. The van der Waals surface area contributed by atoms with Crippen molar-refractivity contribution < 1.29 is 9.53 Å². The maximum atomic E-state index is 10.7. The van der Waals surface area contributed by atoms with Gasteiger partial charge in [0.1, 0.15) is 5.75 Å². The quantitative estimate of drug-likeness (QED) is 0.833. The van der Waals surface area contributed by atoms with Crippen LogP contribution in [0.2, 0.25) is 0 Å². The van der Waals surface area contributed by atoms with E-state index in [9.17, 15) is 4.79 Å². The van der Waals surface area contributed by atoms with Gasteiger partial charge in [0.2, 0.25) is 5.91 Å². The number of ether oxygens (including phenoxy) is 1. The van der Waals surface area contributed by atoms with E-state index in [-0.39, 0.29) is 17.9 Å². The Morgan fingerprint density at radius 2 is 2.06 bits per heavy atom. The molecule has 0 aromatic heterocycles. The molecule has 0 heterocycles. The summed E-state index contributed by atoms with van der Waals surface area (Å²) in [7, 11) is 1.64. The molecule has 100 valence electrons. The van der Waals surface area contributed by atoms with E-state index in [1.165, 1.54) is 5.56 Å². The summed E-state index contributed by atoms with van der Waals surface area (Å²) in [5.41, 5.74) is 7.45. The van der Waals surface area contributed by atoms with E-state index in [1.807, 2.05) is 6.07 Å². The highest BCUT2D eigenvalue weighted by atomic mass is 16.5.